The molecule has 0 aliphatic rings. The number of benzene rings is 2. The van der Waals surface area contributed by atoms with Crippen LogP contribution in [-0.4, -0.2) is 7.05 Å². The Balaban J connectivity index is 2.30. The van der Waals surface area contributed by atoms with Crippen molar-refractivity contribution >= 4 is 22.6 Å². The zero-order valence-corrected chi connectivity index (χ0v) is 13.6. The van der Waals surface area contributed by atoms with Gasteiger partial charge in [0.25, 0.3) is 0 Å². The number of halogens is 1. The van der Waals surface area contributed by atoms with Gasteiger partial charge in [-0.2, -0.15) is 0 Å². The molecule has 0 bridgehead atoms. The Morgan fingerprint density at radius 1 is 1.05 bits per heavy atom. The molecule has 2 aromatic carbocycles. The first-order valence-electron chi connectivity index (χ1n) is 6.76. The van der Waals surface area contributed by atoms with Crippen molar-refractivity contribution in [3.05, 3.63) is 68.8 Å². The summed E-state index contributed by atoms with van der Waals surface area (Å²) in [4.78, 5) is 0. The molecule has 0 spiro atoms. The van der Waals surface area contributed by atoms with Gasteiger partial charge in [-0.15, -0.1) is 0 Å². The first-order chi connectivity index (χ1) is 9.24. The van der Waals surface area contributed by atoms with Gasteiger partial charge < -0.3 is 5.32 Å². The van der Waals surface area contributed by atoms with E-state index in [-0.39, 0.29) is 6.04 Å². The fraction of sp³-hybridized carbons (Fsp3) is 0.294. The third-order valence-electron chi connectivity index (χ3n) is 3.32. The number of hydrogen-bond acceptors (Lipinski definition) is 1. The van der Waals surface area contributed by atoms with Crippen LogP contribution in [0.25, 0.3) is 0 Å². The minimum absolute atomic E-state index is 0.272. The molecule has 0 aromatic heterocycles. The van der Waals surface area contributed by atoms with Crippen LogP contribution < -0.4 is 5.32 Å². The lowest BCUT2D eigenvalue weighted by Crippen LogP contribution is -2.17. The summed E-state index contributed by atoms with van der Waals surface area (Å²) in [6.45, 7) is 2.22. The Labute approximate surface area is 129 Å². The molecule has 1 N–H and O–H groups in total. The molecule has 1 atom stereocenters. The third kappa shape index (κ3) is 3.80. The van der Waals surface area contributed by atoms with Gasteiger partial charge in [-0.1, -0.05) is 49.7 Å². The van der Waals surface area contributed by atoms with E-state index in [0.29, 0.717) is 0 Å². The molecule has 0 fully saturated rings. The summed E-state index contributed by atoms with van der Waals surface area (Å²) < 4.78 is 1.27. The van der Waals surface area contributed by atoms with E-state index in [1.165, 1.54) is 26.7 Å². The van der Waals surface area contributed by atoms with Gasteiger partial charge in [0, 0.05) is 3.57 Å². The van der Waals surface area contributed by atoms with E-state index in [1.54, 1.807) is 0 Å². The number of aryl methyl sites for hydroxylation is 1. The quantitative estimate of drug-likeness (QED) is 0.767. The highest BCUT2D eigenvalue weighted by Gasteiger charge is 2.11. The van der Waals surface area contributed by atoms with Gasteiger partial charge in [0.15, 0.2) is 0 Å². The van der Waals surface area contributed by atoms with E-state index in [9.17, 15) is 0 Å². The van der Waals surface area contributed by atoms with Crippen LogP contribution in [0.5, 0.6) is 0 Å². The lowest BCUT2D eigenvalue weighted by atomic mass is 9.96. The van der Waals surface area contributed by atoms with Crippen LogP contribution in [0.15, 0.2) is 48.5 Å². The second kappa shape index (κ2) is 7.06. The van der Waals surface area contributed by atoms with Crippen LogP contribution in [0.3, 0.4) is 0 Å². The van der Waals surface area contributed by atoms with E-state index in [1.807, 2.05) is 7.05 Å². The van der Waals surface area contributed by atoms with Crippen molar-refractivity contribution in [2.45, 2.75) is 25.8 Å². The predicted molar refractivity (Wildman–Crippen MR) is 90.5 cm³/mol. The zero-order valence-electron chi connectivity index (χ0n) is 11.5. The molecule has 2 aromatic rings. The highest BCUT2D eigenvalue weighted by atomic mass is 127. The summed E-state index contributed by atoms with van der Waals surface area (Å²) in [6, 6.07) is 17.9. The van der Waals surface area contributed by atoms with Crippen molar-refractivity contribution in [2.24, 2.45) is 0 Å². The van der Waals surface area contributed by atoms with Crippen LogP contribution >= 0.6 is 22.6 Å². The van der Waals surface area contributed by atoms with Gasteiger partial charge in [0.1, 0.15) is 0 Å². The summed E-state index contributed by atoms with van der Waals surface area (Å²) in [5.74, 6) is 0. The first-order valence-corrected chi connectivity index (χ1v) is 7.84. The largest absolute Gasteiger partial charge is 0.309 e. The summed E-state index contributed by atoms with van der Waals surface area (Å²) in [7, 11) is 2.02. The second-order valence-electron chi connectivity index (χ2n) is 4.77. The smallest absolute Gasteiger partial charge is 0.0574 e. The Hall–Kier alpha value is -0.870. The third-order valence-corrected chi connectivity index (χ3v) is 4.03. The van der Waals surface area contributed by atoms with E-state index < -0.39 is 0 Å². The molecule has 0 aliphatic carbocycles. The molecule has 0 saturated carbocycles. The van der Waals surface area contributed by atoms with E-state index in [4.69, 9.17) is 0 Å². The highest BCUT2D eigenvalue weighted by Crippen LogP contribution is 2.23. The molecule has 1 unspecified atom stereocenters. The monoisotopic (exact) mass is 365 g/mol. The Morgan fingerprint density at radius 3 is 2.42 bits per heavy atom. The molecule has 0 heterocycles. The van der Waals surface area contributed by atoms with Crippen LogP contribution in [0, 0.1) is 3.57 Å². The molecule has 2 heteroatoms. The van der Waals surface area contributed by atoms with Crippen molar-refractivity contribution in [1.29, 1.82) is 0 Å². The minimum Gasteiger partial charge on any atom is -0.309 e. The second-order valence-corrected chi connectivity index (χ2v) is 6.01. The van der Waals surface area contributed by atoms with Crippen molar-refractivity contribution in [3.63, 3.8) is 0 Å². The van der Waals surface area contributed by atoms with E-state index >= 15 is 0 Å². The topological polar surface area (TPSA) is 12.0 Å². The summed E-state index contributed by atoms with van der Waals surface area (Å²) in [6.07, 6.45) is 2.34. The SMILES string of the molecule is CCCc1cccc(C(NC)c2ccc(I)cc2)c1. The molecule has 19 heavy (non-hydrogen) atoms. The molecule has 2 rings (SSSR count). The molecular weight excluding hydrogens is 345 g/mol. The predicted octanol–water partition coefficient (Wildman–Crippen LogP) is 4.55. The van der Waals surface area contributed by atoms with Gasteiger partial charge >= 0.3 is 0 Å². The van der Waals surface area contributed by atoms with Crippen molar-refractivity contribution < 1.29 is 0 Å². The average molecular weight is 365 g/mol. The van der Waals surface area contributed by atoms with Crippen LogP contribution in [0.4, 0.5) is 0 Å². The van der Waals surface area contributed by atoms with Crippen molar-refractivity contribution in [1.82, 2.24) is 5.32 Å². The summed E-state index contributed by atoms with van der Waals surface area (Å²) in [5.41, 5.74) is 4.08. The van der Waals surface area contributed by atoms with Crippen molar-refractivity contribution in [3.8, 4) is 0 Å². The van der Waals surface area contributed by atoms with Gasteiger partial charge in [-0.3, -0.25) is 0 Å². The van der Waals surface area contributed by atoms with E-state index in [0.717, 1.165) is 6.42 Å². The Morgan fingerprint density at radius 2 is 1.79 bits per heavy atom. The van der Waals surface area contributed by atoms with Gasteiger partial charge in [-0.25, -0.2) is 0 Å². The first kappa shape index (κ1) is 14.5. The lowest BCUT2D eigenvalue weighted by molar-refractivity contribution is 0.690. The normalized spacial score (nSPS) is 12.4. The van der Waals surface area contributed by atoms with Crippen LogP contribution in [0.2, 0.25) is 0 Å². The molecule has 100 valence electrons. The van der Waals surface area contributed by atoms with Gasteiger partial charge in [0.2, 0.25) is 0 Å². The van der Waals surface area contributed by atoms with Crippen LogP contribution in [0.1, 0.15) is 36.1 Å². The summed E-state index contributed by atoms with van der Waals surface area (Å²) in [5, 5.41) is 3.42. The molecular formula is C17H20IN. The van der Waals surface area contributed by atoms with E-state index in [2.05, 4.69) is 83.4 Å². The number of nitrogens with one attached hydrogen (secondary N) is 1. The molecule has 0 aliphatic heterocycles. The molecule has 0 amide bonds. The molecule has 1 nitrogen and oxygen atoms in total. The maximum Gasteiger partial charge on any atom is 0.0574 e. The molecule has 0 saturated heterocycles. The molecule has 0 radical (unpaired) electrons. The zero-order chi connectivity index (χ0) is 13.7. The lowest BCUT2D eigenvalue weighted by Gasteiger charge is -2.18. The maximum absolute atomic E-state index is 3.42. The van der Waals surface area contributed by atoms with Crippen LogP contribution in [-0.2, 0) is 6.42 Å². The minimum atomic E-state index is 0.272. The maximum atomic E-state index is 3.42. The average Bonchev–Trinajstić information content (AvgIpc) is 2.43. The van der Waals surface area contributed by atoms with Gasteiger partial charge in [0.05, 0.1) is 6.04 Å². The Kier molecular flexibility index (Phi) is 5.40. The number of hydrogen-bond donors (Lipinski definition) is 1. The Bertz CT molecular complexity index is 519. The standard InChI is InChI=1S/C17H20IN/c1-3-5-13-6-4-7-15(12-13)17(19-2)14-8-10-16(18)11-9-14/h4,6-12,17,19H,3,5H2,1-2H3. The highest BCUT2D eigenvalue weighted by molar-refractivity contribution is 14.1. The number of rotatable bonds is 5. The van der Waals surface area contributed by atoms with Crippen molar-refractivity contribution in [2.75, 3.05) is 7.05 Å². The fourth-order valence-corrected chi connectivity index (χ4v) is 2.76. The summed E-state index contributed by atoms with van der Waals surface area (Å²) >= 11 is 2.34. The fourth-order valence-electron chi connectivity index (χ4n) is 2.40. The van der Waals surface area contributed by atoms with Gasteiger partial charge in [-0.05, 0) is 64.9 Å².